The van der Waals surface area contributed by atoms with Gasteiger partial charge in [0, 0.05) is 6.04 Å². The van der Waals surface area contributed by atoms with Crippen molar-refractivity contribution in [2.24, 2.45) is 5.41 Å². The van der Waals surface area contributed by atoms with Crippen LogP contribution in [0.25, 0.3) is 0 Å². The molecule has 16 heavy (non-hydrogen) atoms. The van der Waals surface area contributed by atoms with Crippen LogP contribution in [0.3, 0.4) is 0 Å². The molecule has 0 bridgehead atoms. The molecule has 0 fully saturated rings. The molecule has 1 aromatic rings. The molecule has 3 heteroatoms. The van der Waals surface area contributed by atoms with Gasteiger partial charge in [-0.2, -0.15) is 0 Å². The van der Waals surface area contributed by atoms with E-state index in [0.29, 0.717) is 10.0 Å². The van der Waals surface area contributed by atoms with E-state index in [1.165, 1.54) is 0 Å². The summed E-state index contributed by atoms with van der Waals surface area (Å²) < 4.78 is 0. The fraction of sp³-hybridized carbons (Fsp3) is 0.538. The minimum Gasteiger partial charge on any atom is -0.313 e. The molecule has 90 valence electrons. The van der Waals surface area contributed by atoms with Gasteiger partial charge in [0.15, 0.2) is 0 Å². The first kappa shape index (κ1) is 13.8. The van der Waals surface area contributed by atoms with Crippen LogP contribution in [0.4, 0.5) is 0 Å². The molecular formula is C13H19Cl2N. The van der Waals surface area contributed by atoms with Crippen LogP contribution >= 0.6 is 23.2 Å². The highest BCUT2D eigenvalue weighted by Crippen LogP contribution is 2.35. The van der Waals surface area contributed by atoms with Gasteiger partial charge in [0.1, 0.15) is 0 Å². The van der Waals surface area contributed by atoms with Crippen LogP contribution in [0.1, 0.15) is 38.8 Å². The second-order valence-electron chi connectivity index (χ2n) is 5.25. The molecule has 0 heterocycles. The van der Waals surface area contributed by atoms with Gasteiger partial charge < -0.3 is 5.32 Å². The van der Waals surface area contributed by atoms with E-state index in [-0.39, 0.29) is 11.5 Å². The Morgan fingerprint density at radius 3 is 2.38 bits per heavy atom. The van der Waals surface area contributed by atoms with E-state index in [1.807, 2.05) is 25.2 Å². The maximum absolute atomic E-state index is 6.22. The molecule has 0 saturated carbocycles. The molecule has 0 aromatic heterocycles. The second-order valence-corrected chi connectivity index (χ2v) is 6.03. The molecule has 0 saturated heterocycles. The third-order valence-corrected chi connectivity index (χ3v) is 3.36. The second kappa shape index (κ2) is 5.39. The van der Waals surface area contributed by atoms with Crippen molar-refractivity contribution in [3.63, 3.8) is 0 Å². The van der Waals surface area contributed by atoms with Crippen LogP contribution in [0, 0.1) is 5.41 Å². The summed E-state index contributed by atoms with van der Waals surface area (Å²) in [5.41, 5.74) is 1.32. The van der Waals surface area contributed by atoms with E-state index in [4.69, 9.17) is 23.2 Å². The van der Waals surface area contributed by atoms with E-state index in [0.717, 1.165) is 12.0 Å². The van der Waals surface area contributed by atoms with Gasteiger partial charge in [-0.15, -0.1) is 0 Å². The Morgan fingerprint density at radius 1 is 1.25 bits per heavy atom. The van der Waals surface area contributed by atoms with E-state index in [2.05, 4.69) is 26.1 Å². The Kier molecular flexibility index (Phi) is 4.66. The largest absolute Gasteiger partial charge is 0.313 e. The highest BCUT2D eigenvalue weighted by molar-refractivity contribution is 6.42. The van der Waals surface area contributed by atoms with Crippen LogP contribution in [-0.4, -0.2) is 7.05 Å². The molecule has 1 unspecified atom stereocenters. The van der Waals surface area contributed by atoms with E-state index < -0.39 is 0 Å². The van der Waals surface area contributed by atoms with Gasteiger partial charge in [-0.05, 0) is 30.5 Å². The lowest BCUT2D eigenvalue weighted by molar-refractivity contribution is 0.321. The fourth-order valence-corrected chi connectivity index (χ4v) is 2.21. The number of benzene rings is 1. The first-order valence-corrected chi connectivity index (χ1v) is 6.22. The Hall–Kier alpha value is -0.240. The summed E-state index contributed by atoms with van der Waals surface area (Å²) in [6.07, 6.45) is 1.02. The van der Waals surface area contributed by atoms with Crippen molar-refractivity contribution in [3.05, 3.63) is 33.8 Å². The minimum atomic E-state index is 0.242. The molecule has 0 aliphatic heterocycles. The van der Waals surface area contributed by atoms with Gasteiger partial charge in [-0.1, -0.05) is 56.1 Å². The van der Waals surface area contributed by atoms with Gasteiger partial charge in [0.2, 0.25) is 0 Å². The Balaban J connectivity index is 3.00. The van der Waals surface area contributed by atoms with Crippen molar-refractivity contribution >= 4 is 23.2 Å². The van der Waals surface area contributed by atoms with E-state index in [9.17, 15) is 0 Å². The summed E-state index contributed by atoms with van der Waals surface area (Å²) in [6, 6.07) is 6.03. The highest BCUT2D eigenvalue weighted by atomic mass is 35.5. The standard InChI is InChI=1S/C13H19Cl2N/c1-13(2,3)8-11(16-4)9-6-5-7-10(14)12(9)15/h5-7,11,16H,8H2,1-4H3. The molecule has 0 amide bonds. The molecule has 1 rings (SSSR count). The van der Waals surface area contributed by atoms with Gasteiger partial charge >= 0.3 is 0 Å². The van der Waals surface area contributed by atoms with E-state index in [1.54, 1.807) is 0 Å². The molecule has 0 aliphatic carbocycles. The van der Waals surface area contributed by atoms with Crippen molar-refractivity contribution in [1.82, 2.24) is 5.32 Å². The Labute approximate surface area is 108 Å². The lowest BCUT2D eigenvalue weighted by atomic mass is 9.85. The number of nitrogens with one attached hydrogen (secondary N) is 1. The van der Waals surface area contributed by atoms with Gasteiger partial charge in [0.05, 0.1) is 10.0 Å². The quantitative estimate of drug-likeness (QED) is 0.831. The van der Waals surface area contributed by atoms with Crippen LogP contribution in [-0.2, 0) is 0 Å². The number of rotatable bonds is 3. The highest BCUT2D eigenvalue weighted by Gasteiger charge is 2.21. The molecule has 1 aromatic carbocycles. The normalized spacial score (nSPS) is 13.9. The number of hydrogen-bond donors (Lipinski definition) is 1. The molecule has 1 atom stereocenters. The molecule has 0 spiro atoms. The smallest absolute Gasteiger partial charge is 0.0640 e. The molecule has 1 N–H and O–H groups in total. The van der Waals surface area contributed by atoms with Crippen molar-refractivity contribution < 1.29 is 0 Å². The van der Waals surface area contributed by atoms with Gasteiger partial charge in [0.25, 0.3) is 0 Å². The van der Waals surface area contributed by atoms with Crippen molar-refractivity contribution in [2.45, 2.75) is 33.2 Å². The summed E-state index contributed by atoms with van der Waals surface area (Å²) in [4.78, 5) is 0. The minimum absolute atomic E-state index is 0.242. The van der Waals surface area contributed by atoms with Crippen LogP contribution in [0.15, 0.2) is 18.2 Å². The predicted octanol–water partition coefficient (Wildman–Crippen LogP) is 4.69. The molecule has 1 nitrogen and oxygen atoms in total. The van der Waals surface area contributed by atoms with Crippen molar-refractivity contribution in [2.75, 3.05) is 7.05 Å². The van der Waals surface area contributed by atoms with Crippen molar-refractivity contribution in [3.8, 4) is 0 Å². The third kappa shape index (κ3) is 3.65. The maximum atomic E-state index is 6.22. The SMILES string of the molecule is CNC(CC(C)(C)C)c1cccc(Cl)c1Cl. The zero-order valence-electron chi connectivity index (χ0n) is 10.3. The lowest BCUT2D eigenvalue weighted by Gasteiger charge is -2.26. The van der Waals surface area contributed by atoms with Gasteiger partial charge in [-0.3, -0.25) is 0 Å². The van der Waals surface area contributed by atoms with Crippen LogP contribution in [0.5, 0.6) is 0 Å². The molecule has 0 radical (unpaired) electrons. The Morgan fingerprint density at radius 2 is 1.88 bits per heavy atom. The number of halogens is 2. The third-order valence-electron chi connectivity index (χ3n) is 2.52. The summed E-state index contributed by atoms with van der Waals surface area (Å²) in [5.74, 6) is 0. The topological polar surface area (TPSA) is 12.0 Å². The summed E-state index contributed by atoms with van der Waals surface area (Å²) in [5, 5.41) is 4.58. The van der Waals surface area contributed by atoms with E-state index >= 15 is 0 Å². The van der Waals surface area contributed by atoms with Crippen LogP contribution < -0.4 is 5.32 Å². The Bertz CT molecular complexity index is 355. The molecule has 0 aliphatic rings. The predicted molar refractivity (Wildman–Crippen MR) is 72.3 cm³/mol. The molecular weight excluding hydrogens is 241 g/mol. The first-order valence-electron chi connectivity index (χ1n) is 5.46. The fourth-order valence-electron chi connectivity index (χ4n) is 1.77. The van der Waals surface area contributed by atoms with Crippen LogP contribution in [0.2, 0.25) is 10.0 Å². The summed E-state index contributed by atoms with van der Waals surface area (Å²) in [6.45, 7) is 6.65. The average Bonchev–Trinajstić information content (AvgIpc) is 2.18. The van der Waals surface area contributed by atoms with Crippen molar-refractivity contribution in [1.29, 1.82) is 0 Å². The average molecular weight is 260 g/mol. The maximum Gasteiger partial charge on any atom is 0.0640 e. The zero-order valence-corrected chi connectivity index (χ0v) is 11.8. The monoisotopic (exact) mass is 259 g/mol. The van der Waals surface area contributed by atoms with Gasteiger partial charge in [-0.25, -0.2) is 0 Å². The lowest BCUT2D eigenvalue weighted by Crippen LogP contribution is -2.22. The zero-order chi connectivity index (χ0) is 12.3. The number of hydrogen-bond acceptors (Lipinski definition) is 1. The first-order chi connectivity index (χ1) is 7.35. The summed E-state index contributed by atoms with van der Waals surface area (Å²) in [7, 11) is 1.95. The summed E-state index contributed by atoms with van der Waals surface area (Å²) >= 11 is 12.3.